The number of ether oxygens (including phenoxy) is 1. The summed E-state index contributed by atoms with van der Waals surface area (Å²) >= 11 is 0. The van der Waals surface area contributed by atoms with Gasteiger partial charge in [0.25, 0.3) is 0 Å². The number of urea groups is 1. The number of aliphatic hydroxyl groups excluding tert-OH is 1. The third-order valence-corrected chi connectivity index (χ3v) is 2.43. The monoisotopic (exact) mass is 286 g/mol. The minimum atomic E-state index is -1.26. The number of amides is 2. The van der Waals surface area contributed by atoms with Gasteiger partial charge in [0.05, 0.1) is 12.8 Å². The van der Waals surface area contributed by atoms with Crippen LogP contribution >= 0.6 is 0 Å². The number of carboxylic acid groups (broad SMARTS) is 1. The first kappa shape index (κ1) is 15.7. The fourth-order valence-electron chi connectivity index (χ4n) is 1.47. The van der Waals surface area contributed by atoms with Crippen LogP contribution in [0.5, 0.6) is 5.75 Å². The number of anilines is 1. The number of carboxylic acids is 1. The van der Waals surface area contributed by atoms with Crippen LogP contribution in [0.4, 0.5) is 14.9 Å². The number of methoxy groups -OCH3 is 1. The highest BCUT2D eigenvalue weighted by Gasteiger charge is 2.19. The van der Waals surface area contributed by atoms with Gasteiger partial charge in [0.2, 0.25) is 0 Å². The highest BCUT2D eigenvalue weighted by molar-refractivity contribution is 5.93. The van der Waals surface area contributed by atoms with Gasteiger partial charge in [-0.25, -0.2) is 14.0 Å². The molecule has 0 aromatic heterocycles. The molecule has 7 nitrogen and oxygen atoms in total. The first-order valence-electron chi connectivity index (χ1n) is 5.72. The smallest absolute Gasteiger partial charge is 0.326 e. The zero-order valence-corrected chi connectivity index (χ0v) is 10.7. The molecule has 110 valence electrons. The Morgan fingerprint density at radius 1 is 1.45 bits per heavy atom. The zero-order valence-electron chi connectivity index (χ0n) is 10.7. The number of carbonyl (C=O) groups excluding carboxylic acids is 1. The number of nitrogens with one attached hydrogen (secondary N) is 2. The number of aliphatic hydroxyl groups is 1. The molecule has 1 unspecified atom stereocenters. The first-order chi connectivity index (χ1) is 9.47. The van der Waals surface area contributed by atoms with Crippen molar-refractivity contribution in [2.45, 2.75) is 12.5 Å². The van der Waals surface area contributed by atoms with Crippen molar-refractivity contribution in [3.8, 4) is 5.75 Å². The maximum Gasteiger partial charge on any atom is 0.326 e. The number of hydrogen-bond donors (Lipinski definition) is 4. The van der Waals surface area contributed by atoms with Crippen molar-refractivity contribution in [2.75, 3.05) is 19.0 Å². The van der Waals surface area contributed by atoms with E-state index in [0.29, 0.717) is 0 Å². The van der Waals surface area contributed by atoms with E-state index in [9.17, 15) is 14.0 Å². The van der Waals surface area contributed by atoms with E-state index in [0.717, 1.165) is 12.1 Å². The average Bonchev–Trinajstić information content (AvgIpc) is 2.40. The highest BCUT2D eigenvalue weighted by Crippen LogP contribution is 2.24. The molecule has 0 aliphatic carbocycles. The molecule has 0 radical (unpaired) electrons. The average molecular weight is 286 g/mol. The second kappa shape index (κ2) is 7.29. The number of benzene rings is 1. The molecule has 1 rings (SSSR count). The maximum atomic E-state index is 13.0. The van der Waals surface area contributed by atoms with E-state index in [2.05, 4.69) is 10.6 Å². The van der Waals surface area contributed by atoms with Crippen molar-refractivity contribution in [3.05, 3.63) is 24.0 Å². The second-order valence-electron chi connectivity index (χ2n) is 3.85. The van der Waals surface area contributed by atoms with Crippen LogP contribution in [-0.2, 0) is 4.79 Å². The normalized spacial score (nSPS) is 11.6. The molecule has 2 amide bonds. The number of rotatable bonds is 6. The Hall–Kier alpha value is -2.35. The van der Waals surface area contributed by atoms with E-state index in [1.807, 2.05) is 0 Å². The molecule has 1 aromatic rings. The van der Waals surface area contributed by atoms with Crippen LogP contribution in [0.25, 0.3) is 0 Å². The molecular weight excluding hydrogens is 271 g/mol. The third-order valence-electron chi connectivity index (χ3n) is 2.43. The maximum absolute atomic E-state index is 13.0. The summed E-state index contributed by atoms with van der Waals surface area (Å²) in [7, 11) is 1.31. The molecule has 0 aliphatic heterocycles. The van der Waals surface area contributed by atoms with Gasteiger partial charge in [0.15, 0.2) is 0 Å². The molecule has 0 aliphatic rings. The van der Waals surface area contributed by atoms with Gasteiger partial charge in [-0.15, -0.1) is 0 Å². The lowest BCUT2D eigenvalue weighted by atomic mass is 10.2. The minimum absolute atomic E-state index is 0.106. The standard InChI is InChI=1S/C12H15FN2O5/c1-20-10-6-7(13)2-3-8(10)14-12(19)15-9(4-5-16)11(17)18/h2-3,6,9,16H,4-5H2,1H3,(H,17,18)(H2,14,15,19). The van der Waals surface area contributed by atoms with Crippen LogP contribution in [0.2, 0.25) is 0 Å². The fraction of sp³-hybridized carbons (Fsp3) is 0.333. The minimum Gasteiger partial charge on any atom is -0.494 e. The molecule has 20 heavy (non-hydrogen) atoms. The van der Waals surface area contributed by atoms with Crippen molar-refractivity contribution in [2.24, 2.45) is 0 Å². The molecule has 0 spiro atoms. The zero-order chi connectivity index (χ0) is 15.1. The second-order valence-corrected chi connectivity index (χ2v) is 3.85. The van der Waals surface area contributed by atoms with E-state index < -0.39 is 23.9 Å². The van der Waals surface area contributed by atoms with Crippen LogP contribution in [0.1, 0.15) is 6.42 Å². The molecule has 0 bridgehead atoms. The molecule has 0 saturated heterocycles. The van der Waals surface area contributed by atoms with E-state index >= 15 is 0 Å². The van der Waals surface area contributed by atoms with Gasteiger partial charge in [-0.05, 0) is 12.1 Å². The Labute approximate surface area is 114 Å². The van der Waals surface area contributed by atoms with Crippen molar-refractivity contribution in [1.29, 1.82) is 0 Å². The molecule has 1 aromatic carbocycles. The lowest BCUT2D eigenvalue weighted by Crippen LogP contribution is -2.43. The topological polar surface area (TPSA) is 108 Å². The SMILES string of the molecule is COc1cc(F)ccc1NC(=O)NC(CCO)C(=O)O. The molecule has 1 atom stereocenters. The van der Waals surface area contributed by atoms with Crippen molar-refractivity contribution in [3.63, 3.8) is 0 Å². The molecule has 0 heterocycles. The largest absolute Gasteiger partial charge is 0.494 e. The van der Waals surface area contributed by atoms with Crippen molar-refractivity contribution in [1.82, 2.24) is 5.32 Å². The molecule has 8 heteroatoms. The number of hydrogen-bond acceptors (Lipinski definition) is 4. The molecule has 0 saturated carbocycles. The summed E-state index contributed by atoms with van der Waals surface area (Å²) < 4.78 is 17.9. The third kappa shape index (κ3) is 4.39. The van der Waals surface area contributed by atoms with Gasteiger partial charge in [-0.2, -0.15) is 0 Å². The lowest BCUT2D eigenvalue weighted by molar-refractivity contribution is -0.139. The van der Waals surface area contributed by atoms with Gasteiger partial charge in [-0.3, -0.25) is 0 Å². The van der Waals surface area contributed by atoms with Gasteiger partial charge in [-0.1, -0.05) is 0 Å². The van der Waals surface area contributed by atoms with Crippen LogP contribution in [-0.4, -0.2) is 42.0 Å². The van der Waals surface area contributed by atoms with E-state index in [1.165, 1.54) is 13.2 Å². The van der Waals surface area contributed by atoms with Gasteiger partial charge < -0.3 is 25.6 Å². The van der Waals surface area contributed by atoms with E-state index in [1.54, 1.807) is 0 Å². The summed E-state index contributed by atoms with van der Waals surface area (Å²) in [5.41, 5.74) is 0.194. The summed E-state index contributed by atoms with van der Waals surface area (Å²) in [5, 5.41) is 22.1. The molecule has 0 fully saturated rings. The van der Waals surface area contributed by atoms with E-state index in [-0.39, 0.29) is 24.5 Å². The number of carbonyl (C=O) groups is 2. The predicted molar refractivity (Wildman–Crippen MR) is 68.2 cm³/mol. The molecular formula is C12H15FN2O5. The number of halogens is 1. The Morgan fingerprint density at radius 3 is 2.70 bits per heavy atom. The van der Waals surface area contributed by atoms with Crippen LogP contribution < -0.4 is 15.4 Å². The summed E-state index contributed by atoms with van der Waals surface area (Å²) in [6.45, 7) is -0.378. The van der Waals surface area contributed by atoms with Crippen molar-refractivity contribution >= 4 is 17.7 Å². The summed E-state index contributed by atoms with van der Waals surface area (Å²) in [5.74, 6) is -1.69. The fourth-order valence-corrected chi connectivity index (χ4v) is 1.47. The number of aliphatic carboxylic acids is 1. The highest BCUT2D eigenvalue weighted by atomic mass is 19.1. The lowest BCUT2D eigenvalue weighted by Gasteiger charge is -2.15. The van der Waals surface area contributed by atoms with Gasteiger partial charge >= 0.3 is 12.0 Å². The Balaban J connectivity index is 2.73. The Bertz CT molecular complexity index is 495. The Kier molecular flexibility index (Phi) is 5.73. The van der Waals surface area contributed by atoms with Crippen LogP contribution in [0, 0.1) is 5.82 Å². The first-order valence-corrected chi connectivity index (χ1v) is 5.72. The predicted octanol–water partition coefficient (Wildman–Crippen LogP) is 0.791. The summed E-state index contributed by atoms with van der Waals surface area (Å²) in [4.78, 5) is 22.5. The summed E-state index contributed by atoms with van der Waals surface area (Å²) in [6.07, 6.45) is -0.122. The van der Waals surface area contributed by atoms with E-state index in [4.69, 9.17) is 14.9 Å². The van der Waals surface area contributed by atoms with Gasteiger partial charge in [0, 0.05) is 19.1 Å². The molecule has 4 N–H and O–H groups in total. The van der Waals surface area contributed by atoms with Crippen LogP contribution in [0.3, 0.4) is 0 Å². The van der Waals surface area contributed by atoms with Crippen LogP contribution in [0.15, 0.2) is 18.2 Å². The van der Waals surface area contributed by atoms with Crippen molar-refractivity contribution < 1.29 is 28.9 Å². The summed E-state index contributed by atoms with van der Waals surface area (Å²) in [6, 6.07) is 1.48. The Morgan fingerprint density at radius 2 is 2.15 bits per heavy atom. The quantitative estimate of drug-likeness (QED) is 0.618. The van der Waals surface area contributed by atoms with Gasteiger partial charge in [0.1, 0.15) is 17.6 Å².